The number of hydrogen-bond acceptors (Lipinski definition) is 2. The van der Waals surface area contributed by atoms with Crippen molar-refractivity contribution in [1.29, 1.82) is 0 Å². The zero-order chi connectivity index (χ0) is 13.3. The van der Waals surface area contributed by atoms with Crippen molar-refractivity contribution < 1.29 is 13.2 Å². The maximum atomic E-state index is 13.5. The molecule has 0 spiro atoms. The zero-order valence-electron chi connectivity index (χ0n) is 8.98. The number of para-hydroxylation sites is 1. The molecule has 0 saturated carbocycles. The molecule has 18 heavy (non-hydrogen) atoms. The smallest absolute Gasteiger partial charge is 0.151 e. The van der Waals surface area contributed by atoms with E-state index in [-0.39, 0.29) is 16.4 Å². The predicted octanol–water partition coefficient (Wildman–Crippen LogP) is 4.08. The van der Waals surface area contributed by atoms with E-state index in [2.05, 4.69) is 5.32 Å². The van der Waals surface area contributed by atoms with Crippen LogP contribution >= 0.6 is 11.6 Å². The lowest BCUT2D eigenvalue weighted by molar-refractivity contribution is 0.590. The number of nitrogen functional groups attached to an aromatic ring is 1. The molecule has 94 valence electrons. The van der Waals surface area contributed by atoms with Crippen LogP contribution in [-0.2, 0) is 0 Å². The normalized spacial score (nSPS) is 10.4. The summed E-state index contributed by atoms with van der Waals surface area (Å²) in [7, 11) is 0. The zero-order valence-corrected chi connectivity index (χ0v) is 9.73. The summed E-state index contributed by atoms with van der Waals surface area (Å²) < 4.78 is 40.5. The number of benzene rings is 2. The predicted molar refractivity (Wildman–Crippen MR) is 65.5 cm³/mol. The van der Waals surface area contributed by atoms with Crippen molar-refractivity contribution in [2.45, 2.75) is 0 Å². The first-order valence-corrected chi connectivity index (χ1v) is 5.32. The molecule has 0 radical (unpaired) electrons. The third-order valence-corrected chi connectivity index (χ3v) is 2.59. The standard InChI is InChI=1S/C12H8ClF3N2/c13-7-2-1-3-8(14)11(7)18-12-9(15)4-6(17)5-10(12)16/h1-5,18H,17H2. The van der Waals surface area contributed by atoms with E-state index in [4.69, 9.17) is 17.3 Å². The second kappa shape index (κ2) is 4.78. The Morgan fingerprint density at radius 3 is 2.11 bits per heavy atom. The number of halogens is 4. The molecule has 0 amide bonds. The van der Waals surface area contributed by atoms with E-state index in [9.17, 15) is 13.2 Å². The van der Waals surface area contributed by atoms with Crippen molar-refractivity contribution in [2.75, 3.05) is 11.1 Å². The minimum absolute atomic E-state index is 0.0191. The number of rotatable bonds is 2. The molecule has 2 rings (SSSR count). The fourth-order valence-electron chi connectivity index (χ4n) is 1.45. The van der Waals surface area contributed by atoms with Gasteiger partial charge in [0.2, 0.25) is 0 Å². The Balaban J connectivity index is 2.47. The van der Waals surface area contributed by atoms with Crippen LogP contribution in [0.3, 0.4) is 0 Å². The van der Waals surface area contributed by atoms with Crippen LogP contribution in [-0.4, -0.2) is 0 Å². The highest BCUT2D eigenvalue weighted by Crippen LogP contribution is 2.31. The average molecular weight is 273 g/mol. The number of hydrogen-bond donors (Lipinski definition) is 2. The van der Waals surface area contributed by atoms with E-state index < -0.39 is 23.1 Å². The van der Waals surface area contributed by atoms with Gasteiger partial charge in [0.05, 0.1) is 10.7 Å². The van der Waals surface area contributed by atoms with Crippen LogP contribution in [0.25, 0.3) is 0 Å². The Bertz CT molecular complexity index is 559. The van der Waals surface area contributed by atoms with Gasteiger partial charge in [-0.15, -0.1) is 0 Å². The van der Waals surface area contributed by atoms with Gasteiger partial charge >= 0.3 is 0 Å². The van der Waals surface area contributed by atoms with Gasteiger partial charge in [-0.1, -0.05) is 17.7 Å². The van der Waals surface area contributed by atoms with E-state index in [0.29, 0.717) is 0 Å². The van der Waals surface area contributed by atoms with Gasteiger partial charge in [0.25, 0.3) is 0 Å². The van der Waals surface area contributed by atoms with Crippen molar-refractivity contribution in [3.8, 4) is 0 Å². The van der Waals surface area contributed by atoms with Crippen molar-refractivity contribution in [1.82, 2.24) is 0 Å². The van der Waals surface area contributed by atoms with Gasteiger partial charge in [-0.05, 0) is 24.3 Å². The molecule has 2 nitrogen and oxygen atoms in total. The Hall–Kier alpha value is -1.88. The molecule has 0 fully saturated rings. The molecular weight excluding hydrogens is 265 g/mol. The van der Waals surface area contributed by atoms with Gasteiger partial charge in [0.15, 0.2) is 11.6 Å². The van der Waals surface area contributed by atoms with Crippen molar-refractivity contribution in [3.05, 3.63) is 52.8 Å². The van der Waals surface area contributed by atoms with Gasteiger partial charge in [-0.25, -0.2) is 13.2 Å². The lowest BCUT2D eigenvalue weighted by Crippen LogP contribution is -2.01. The first-order chi connectivity index (χ1) is 8.49. The first kappa shape index (κ1) is 12.6. The van der Waals surface area contributed by atoms with E-state index in [1.807, 2.05) is 0 Å². The second-order valence-corrected chi connectivity index (χ2v) is 3.99. The molecule has 0 saturated heterocycles. The van der Waals surface area contributed by atoms with Crippen molar-refractivity contribution >= 4 is 28.7 Å². The number of anilines is 3. The summed E-state index contributed by atoms with van der Waals surface area (Å²) in [6.07, 6.45) is 0. The molecule has 0 heterocycles. The number of nitrogens with two attached hydrogens (primary N) is 1. The first-order valence-electron chi connectivity index (χ1n) is 4.94. The lowest BCUT2D eigenvalue weighted by Gasteiger charge is -2.11. The van der Waals surface area contributed by atoms with Crippen LogP contribution in [0.1, 0.15) is 0 Å². The molecule has 0 aliphatic rings. The molecular formula is C12H8ClF3N2. The van der Waals surface area contributed by atoms with Crippen LogP contribution in [0.4, 0.5) is 30.2 Å². The Morgan fingerprint density at radius 2 is 1.56 bits per heavy atom. The summed E-state index contributed by atoms with van der Waals surface area (Å²) in [6, 6.07) is 5.78. The van der Waals surface area contributed by atoms with E-state index in [0.717, 1.165) is 18.2 Å². The van der Waals surface area contributed by atoms with Crippen LogP contribution < -0.4 is 11.1 Å². The topological polar surface area (TPSA) is 38.0 Å². The minimum Gasteiger partial charge on any atom is -0.399 e. The third kappa shape index (κ3) is 2.36. The van der Waals surface area contributed by atoms with Crippen molar-refractivity contribution in [3.63, 3.8) is 0 Å². The second-order valence-electron chi connectivity index (χ2n) is 3.58. The number of nitrogens with one attached hydrogen (secondary N) is 1. The van der Waals surface area contributed by atoms with Gasteiger partial charge in [-0.2, -0.15) is 0 Å². The summed E-state index contributed by atoms with van der Waals surface area (Å²) in [5.41, 5.74) is 4.52. The highest BCUT2D eigenvalue weighted by molar-refractivity contribution is 6.33. The van der Waals surface area contributed by atoms with Gasteiger partial charge in [-0.3, -0.25) is 0 Å². The summed E-state index contributed by atoms with van der Waals surface area (Å²) in [5.74, 6) is -2.56. The lowest BCUT2D eigenvalue weighted by atomic mass is 10.2. The van der Waals surface area contributed by atoms with Crippen LogP contribution in [0.5, 0.6) is 0 Å². The minimum atomic E-state index is -0.924. The molecule has 2 aromatic rings. The van der Waals surface area contributed by atoms with Gasteiger partial charge < -0.3 is 11.1 Å². The Morgan fingerprint density at radius 1 is 0.944 bits per heavy atom. The van der Waals surface area contributed by atoms with Gasteiger partial charge in [0.1, 0.15) is 11.5 Å². The average Bonchev–Trinajstić information content (AvgIpc) is 2.26. The Labute approximate surface area is 106 Å². The van der Waals surface area contributed by atoms with Crippen molar-refractivity contribution in [2.24, 2.45) is 0 Å². The van der Waals surface area contributed by atoms with E-state index in [1.54, 1.807) is 0 Å². The SMILES string of the molecule is Nc1cc(F)c(Nc2c(F)cccc2Cl)c(F)c1. The molecule has 6 heteroatoms. The summed E-state index contributed by atoms with van der Waals surface area (Å²) in [5, 5.41) is 2.31. The van der Waals surface area contributed by atoms with E-state index in [1.165, 1.54) is 12.1 Å². The summed E-state index contributed by atoms with van der Waals surface area (Å²) in [6.45, 7) is 0. The maximum absolute atomic E-state index is 13.5. The maximum Gasteiger partial charge on any atom is 0.151 e. The van der Waals surface area contributed by atoms with Gasteiger partial charge in [0, 0.05) is 5.69 Å². The molecule has 0 aliphatic heterocycles. The largest absolute Gasteiger partial charge is 0.399 e. The Kier molecular flexibility index (Phi) is 3.34. The fourth-order valence-corrected chi connectivity index (χ4v) is 1.66. The highest BCUT2D eigenvalue weighted by Gasteiger charge is 2.14. The third-order valence-electron chi connectivity index (χ3n) is 2.28. The molecule has 2 aromatic carbocycles. The van der Waals surface area contributed by atoms with Crippen LogP contribution in [0.2, 0.25) is 5.02 Å². The molecule has 0 unspecified atom stereocenters. The summed E-state index contributed by atoms with van der Waals surface area (Å²) >= 11 is 5.74. The highest BCUT2D eigenvalue weighted by atomic mass is 35.5. The molecule has 0 bridgehead atoms. The van der Waals surface area contributed by atoms with E-state index >= 15 is 0 Å². The van der Waals surface area contributed by atoms with Crippen LogP contribution in [0, 0.1) is 17.5 Å². The van der Waals surface area contributed by atoms with Crippen LogP contribution in [0.15, 0.2) is 30.3 Å². The summed E-state index contributed by atoms with van der Waals surface area (Å²) in [4.78, 5) is 0. The molecule has 0 atom stereocenters. The quantitative estimate of drug-likeness (QED) is 0.808. The molecule has 3 N–H and O–H groups in total. The fraction of sp³-hybridized carbons (Fsp3) is 0. The molecule has 0 aromatic heterocycles. The monoisotopic (exact) mass is 272 g/mol. The molecule has 0 aliphatic carbocycles.